The van der Waals surface area contributed by atoms with Crippen molar-refractivity contribution in [3.63, 3.8) is 0 Å². The van der Waals surface area contributed by atoms with Crippen LogP contribution in [-0.2, 0) is 11.2 Å². The Morgan fingerprint density at radius 3 is 2.48 bits per heavy atom. The van der Waals surface area contributed by atoms with Crippen LogP contribution in [-0.4, -0.2) is 46.9 Å². The first kappa shape index (κ1) is 19.3. The molecule has 1 aliphatic heterocycles. The molecular formula is C21H22N4O3S. The molecular weight excluding hydrogens is 388 g/mol. The van der Waals surface area contributed by atoms with Crippen LogP contribution in [0.5, 0.6) is 0 Å². The van der Waals surface area contributed by atoms with E-state index in [0.717, 1.165) is 29.3 Å². The van der Waals surface area contributed by atoms with Gasteiger partial charge < -0.3 is 9.80 Å². The van der Waals surface area contributed by atoms with Gasteiger partial charge in [0.05, 0.1) is 21.6 Å². The van der Waals surface area contributed by atoms with Gasteiger partial charge in [0.25, 0.3) is 5.69 Å². The van der Waals surface area contributed by atoms with E-state index in [4.69, 9.17) is 4.98 Å². The summed E-state index contributed by atoms with van der Waals surface area (Å²) in [6.45, 7) is 7.01. The van der Waals surface area contributed by atoms with E-state index in [-0.39, 0.29) is 18.0 Å². The Labute approximate surface area is 172 Å². The molecule has 150 valence electrons. The van der Waals surface area contributed by atoms with Crippen molar-refractivity contribution in [2.75, 3.05) is 31.1 Å². The SMILES string of the molecule is Cc1cc(C)c2sc(N3CCN(C(=O)Cc4ccc([N+](=O)[O-])cc4)CC3)nc2c1. The van der Waals surface area contributed by atoms with Gasteiger partial charge in [-0.05, 0) is 36.6 Å². The van der Waals surface area contributed by atoms with Crippen LogP contribution in [0.15, 0.2) is 36.4 Å². The molecule has 7 nitrogen and oxygen atoms in total. The zero-order chi connectivity index (χ0) is 20.5. The largest absolute Gasteiger partial charge is 0.345 e. The second-order valence-electron chi connectivity index (χ2n) is 7.39. The Morgan fingerprint density at radius 1 is 1.14 bits per heavy atom. The molecule has 1 fully saturated rings. The minimum absolute atomic E-state index is 0.0380. The monoisotopic (exact) mass is 410 g/mol. The van der Waals surface area contributed by atoms with Gasteiger partial charge in [-0.15, -0.1) is 0 Å². The first-order valence-corrected chi connectivity index (χ1v) is 10.4. The number of piperazine rings is 1. The van der Waals surface area contributed by atoms with Crippen molar-refractivity contribution in [2.24, 2.45) is 0 Å². The minimum Gasteiger partial charge on any atom is -0.345 e. The summed E-state index contributed by atoms with van der Waals surface area (Å²) in [7, 11) is 0. The molecule has 0 N–H and O–H groups in total. The van der Waals surface area contributed by atoms with Gasteiger partial charge >= 0.3 is 0 Å². The number of anilines is 1. The molecule has 0 atom stereocenters. The average molecular weight is 410 g/mol. The molecule has 2 heterocycles. The smallest absolute Gasteiger partial charge is 0.269 e. The number of nitro benzene ring substituents is 1. The maximum absolute atomic E-state index is 12.6. The molecule has 1 amide bonds. The Bertz CT molecular complexity index is 1070. The van der Waals surface area contributed by atoms with Crippen LogP contribution in [0.25, 0.3) is 10.2 Å². The molecule has 8 heteroatoms. The number of nitro groups is 1. The van der Waals surface area contributed by atoms with Crippen molar-refractivity contribution in [2.45, 2.75) is 20.3 Å². The highest BCUT2D eigenvalue weighted by Gasteiger charge is 2.23. The topological polar surface area (TPSA) is 79.6 Å². The van der Waals surface area contributed by atoms with E-state index in [1.165, 1.54) is 28.0 Å². The molecule has 0 bridgehead atoms. The quantitative estimate of drug-likeness (QED) is 0.484. The third kappa shape index (κ3) is 4.07. The Kier molecular flexibility index (Phi) is 5.19. The molecule has 2 aromatic carbocycles. The van der Waals surface area contributed by atoms with Gasteiger partial charge in [-0.1, -0.05) is 29.5 Å². The highest BCUT2D eigenvalue weighted by atomic mass is 32.1. The predicted octanol–water partition coefficient (Wildman–Crippen LogP) is 3.71. The van der Waals surface area contributed by atoms with Crippen molar-refractivity contribution < 1.29 is 9.72 Å². The number of non-ortho nitro benzene ring substituents is 1. The number of aryl methyl sites for hydroxylation is 2. The maximum Gasteiger partial charge on any atom is 0.269 e. The highest BCUT2D eigenvalue weighted by molar-refractivity contribution is 7.22. The third-order valence-electron chi connectivity index (χ3n) is 5.21. The Morgan fingerprint density at radius 2 is 1.83 bits per heavy atom. The lowest BCUT2D eigenvalue weighted by Gasteiger charge is -2.34. The first-order chi connectivity index (χ1) is 13.9. The molecule has 1 saturated heterocycles. The van der Waals surface area contributed by atoms with Crippen LogP contribution in [0.3, 0.4) is 0 Å². The lowest BCUT2D eigenvalue weighted by Crippen LogP contribution is -2.49. The molecule has 29 heavy (non-hydrogen) atoms. The van der Waals surface area contributed by atoms with Crippen LogP contribution >= 0.6 is 11.3 Å². The fourth-order valence-electron chi connectivity index (χ4n) is 3.67. The number of benzene rings is 2. The third-order valence-corrected chi connectivity index (χ3v) is 6.48. The van der Waals surface area contributed by atoms with E-state index in [1.54, 1.807) is 23.5 Å². The molecule has 0 aliphatic carbocycles. The summed E-state index contributed by atoms with van der Waals surface area (Å²) in [6, 6.07) is 10.5. The lowest BCUT2D eigenvalue weighted by molar-refractivity contribution is -0.384. The Hall–Kier alpha value is -3.00. The number of amides is 1. The number of hydrogen-bond donors (Lipinski definition) is 0. The zero-order valence-corrected chi connectivity index (χ0v) is 17.2. The molecule has 4 rings (SSSR count). The van der Waals surface area contributed by atoms with Gasteiger partial charge in [-0.3, -0.25) is 14.9 Å². The molecule has 0 saturated carbocycles. The standard InChI is InChI=1S/C21H22N4O3S/c1-14-11-15(2)20-18(12-14)22-21(29-20)24-9-7-23(8-10-24)19(26)13-16-3-5-17(6-4-16)25(27)28/h3-6,11-12H,7-10,13H2,1-2H3. The zero-order valence-electron chi connectivity index (χ0n) is 16.4. The number of hydrogen-bond acceptors (Lipinski definition) is 6. The summed E-state index contributed by atoms with van der Waals surface area (Å²) in [5.74, 6) is 0.0503. The fourth-order valence-corrected chi connectivity index (χ4v) is 4.74. The molecule has 1 aliphatic rings. The van der Waals surface area contributed by atoms with Crippen LogP contribution in [0, 0.1) is 24.0 Å². The second kappa shape index (κ2) is 7.79. The second-order valence-corrected chi connectivity index (χ2v) is 8.37. The van der Waals surface area contributed by atoms with Gasteiger partial charge in [0, 0.05) is 38.3 Å². The number of rotatable bonds is 4. The van der Waals surface area contributed by atoms with E-state index < -0.39 is 4.92 Å². The van der Waals surface area contributed by atoms with Crippen LogP contribution in [0.4, 0.5) is 10.8 Å². The summed E-state index contributed by atoms with van der Waals surface area (Å²) in [5, 5.41) is 11.8. The van der Waals surface area contributed by atoms with Crippen molar-refractivity contribution in [3.8, 4) is 0 Å². The average Bonchev–Trinajstić information content (AvgIpc) is 3.13. The van der Waals surface area contributed by atoms with E-state index in [2.05, 4.69) is 30.9 Å². The van der Waals surface area contributed by atoms with Crippen LogP contribution in [0.1, 0.15) is 16.7 Å². The van der Waals surface area contributed by atoms with Crippen molar-refractivity contribution in [1.29, 1.82) is 0 Å². The van der Waals surface area contributed by atoms with Crippen LogP contribution in [0.2, 0.25) is 0 Å². The number of carbonyl (C=O) groups is 1. The van der Waals surface area contributed by atoms with Gasteiger partial charge in [0.1, 0.15) is 0 Å². The fraction of sp³-hybridized carbons (Fsp3) is 0.333. The first-order valence-electron chi connectivity index (χ1n) is 9.54. The van der Waals surface area contributed by atoms with Crippen molar-refractivity contribution in [1.82, 2.24) is 9.88 Å². The predicted molar refractivity (Wildman–Crippen MR) is 115 cm³/mol. The van der Waals surface area contributed by atoms with E-state index >= 15 is 0 Å². The number of carbonyl (C=O) groups excluding carboxylic acids is 1. The molecule has 1 aromatic heterocycles. The Balaban J connectivity index is 1.38. The number of aromatic nitrogens is 1. The highest BCUT2D eigenvalue weighted by Crippen LogP contribution is 2.32. The summed E-state index contributed by atoms with van der Waals surface area (Å²) >= 11 is 1.71. The van der Waals surface area contributed by atoms with Gasteiger partial charge in [0.2, 0.25) is 5.91 Å². The van der Waals surface area contributed by atoms with E-state index in [9.17, 15) is 14.9 Å². The van der Waals surface area contributed by atoms with Gasteiger partial charge in [0.15, 0.2) is 5.13 Å². The lowest BCUT2D eigenvalue weighted by atomic mass is 10.1. The van der Waals surface area contributed by atoms with Gasteiger partial charge in [-0.25, -0.2) is 4.98 Å². The molecule has 0 unspecified atom stereocenters. The van der Waals surface area contributed by atoms with Crippen molar-refractivity contribution in [3.05, 3.63) is 63.2 Å². The normalized spacial score (nSPS) is 14.4. The van der Waals surface area contributed by atoms with Gasteiger partial charge in [-0.2, -0.15) is 0 Å². The number of thiazole rings is 1. The molecule has 0 radical (unpaired) electrons. The molecule has 3 aromatic rings. The molecule has 0 spiro atoms. The summed E-state index contributed by atoms with van der Waals surface area (Å²) in [5.41, 5.74) is 4.34. The summed E-state index contributed by atoms with van der Waals surface area (Å²) < 4.78 is 1.22. The maximum atomic E-state index is 12.6. The summed E-state index contributed by atoms with van der Waals surface area (Å²) in [6.07, 6.45) is 0.262. The van der Waals surface area contributed by atoms with E-state index in [0.29, 0.717) is 13.1 Å². The van der Waals surface area contributed by atoms with Crippen molar-refractivity contribution >= 4 is 38.3 Å². The minimum atomic E-state index is -0.435. The van der Waals surface area contributed by atoms with E-state index in [1.807, 2.05) is 4.90 Å². The number of nitrogens with zero attached hydrogens (tertiary/aromatic N) is 4. The van der Waals surface area contributed by atoms with Crippen LogP contribution < -0.4 is 4.90 Å². The summed E-state index contributed by atoms with van der Waals surface area (Å²) in [4.78, 5) is 31.8. The number of fused-ring (bicyclic) bond motifs is 1.